The summed E-state index contributed by atoms with van der Waals surface area (Å²) in [6.07, 6.45) is -0.322. The lowest BCUT2D eigenvalue weighted by Crippen LogP contribution is -2.02. The van der Waals surface area contributed by atoms with Gasteiger partial charge in [0.2, 0.25) is 0 Å². The summed E-state index contributed by atoms with van der Waals surface area (Å²) >= 11 is 0. The predicted molar refractivity (Wildman–Crippen MR) is 39.7 cm³/mol. The molecule has 0 aromatic rings. The van der Waals surface area contributed by atoms with Crippen molar-refractivity contribution in [1.82, 2.24) is 0 Å². The zero-order valence-electron chi connectivity index (χ0n) is 6.60. The number of rotatable bonds is 6. The van der Waals surface area contributed by atoms with E-state index in [1.54, 1.807) is 0 Å². The molecule has 0 saturated heterocycles. The molecule has 0 radical (unpaired) electrons. The maximum Gasteiger partial charge on any atom is 0.472 e. The van der Waals surface area contributed by atoms with Crippen molar-refractivity contribution in [3.05, 3.63) is 0 Å². The Kier molecular flexibility index (Phi) is 5.08. The zero-order chi connectivity index (χ0) is 9.61. The van der Waals surface area contributed by atoms with E-state index in [1.807, 2.05) is 0 Å². The van der Waals surface area contributed by atoms with Gasteiger partial charge in [-0.15, -0.1) is 0 Å². The van der Waals surface area contributed by atoms with Gasteiger partial charge in [0.05, 0.1) is 19.6 Å². The van der Waals surface area contributed by atoms with Crippen LogP contribution in [0.1, 0.15) is 13.3 Å². The highest BCUT2D eigenvalue weighted by molar-refractivity contribution is 7.47. The smallest absolute Gasteiger partial charge is 0.472 e. The lowest BCUT2D eigenvalue weighted by molar-refractivity contribution is -0.137. The Morgan fingerprint density at radius 1 is 1.50 bits per heavy atom. The molecule has 6 nitrogen and oxygen atoms in total. The molecule has 0 heterocycles. The van der Waals surface area contributed by atoms with Crippen molar-refractivity contribution >= 4 is 13.8 Å². The molecular formula is C5H11O6P. The average Bonchev–Trinajstić information content (AvgIpc) is 1.85. The quantitative estimate of drug-likeness (QED) is 0.607. The van der Waals surface area contributed by atoms with E-state index in [1.165, 1.54) is 6.92 Å². The van der Waals surface area contributed by atoms with Crippen LogP contribution in [0.2, 0.25) is 0 Å². The molecular weight excluding hydrogens is 187 g/mol. The van der Waals surface area contributed by atoms with Gasteiger partial charge in [-0.05, 0) is 6.92 Å². The van der Waals surface area contributed by atoms with Crippen molar-refractivity contribution in [2.75, 3.05) is 13.2 Å². The largest absolute Gasteiger partial charge is 0.481 e. The van der Waals surface area contributed by atoms with Crippen LogP contribution < -0.4 is 0 Å². The van der Waals surface area contributed by atoms with Crippen LogP contribution >= 0.6 is 7.82 Å². The topological polar surface area (TPSA) is 93.1 Å². The summed E-state index contributed by atoms with van der Waals surface area (Å²) < 4.78 is 19.3. The van der Waals surface area contributed by atoms with Crippen molar-refractivity contribution in [1.29, 1.82) is 0 Å². The van der Waals surface area contributed by atoms with Crippen LogP contribution in [-0.2, 0) is 18.4 Å². The summed E-state index contributed by atoms with van der Waals surface area (Å²) in [7, 11) is -4.01. The summed E-state index contributed by atoms with van der Waals surface area (Å²) in [5.74, 6) is -1.09. The molecule has 0 rings (SSSR count). The van der Waals surface area contributed by atoms with Gasteiger partial charge in [0.15, 0.2) is 0 Å². The lowest BCUT2D eigenvalue weighted by atomic mass is 10.5. The van der Waals surface area contributed by atoms with Gasteiger partial charge in [-0.1, -0.05) is 0 Å². The van der Waals surface area contributed by atoms with Crippen molar-refractivity contribution < 1.29 is 28.4 Å². The molecule has 0 amide bonds. The molecule has 2 N–H and O–H groups in total. The molecule has 0 fully saturated rings. The third-order valence-electron chi connectivity index (χ3n) is 0.863. The Hall–Kier alpha value is -0.420. The van der Waals surface area contributed by atoms with E-state index in [4.69, 9.17) is 10.00 Å². The molecule has 0 aliphatic heterocycles. The Labute approximate surface area is 69.7 Å². The van der Waals surface area contributed by atoms with Crippen LogP contribution in [-0.4, -0.2) is 29.2 Å². The Morgan fingerprint density at radius 3 is 2.50 bits per heavy atom. The van der Waals surface area contributed by atoms with Crippen LogP contribution in [0.5, 0.6) is 0 Å². The summed E-state index contributed by atoms with van der Waals surface area (Å²) in [6.45, 7) is 1.24. The Balaban J connectivity index is 3.61. The third kappa shape index (κ3) is 6.30. The molecule has 0 aliphatic carbocycles. The van der Waals surface area contributed by atoms with E-state index in [9.17, 15) is 9.36 Å². The molecule has 12 heavy (non-hydrogen) atoms. The van der Waals surface area contributed by atoms with Gasteiger partial charge < -0.3 is 10.00 Å². The molecule has 1 atom stereocenters. The molecule has 7 heteroatoms. The first-order valence-electron chi connectivity index (χ1n) is 3.31. The van der Waals surface area contributed by atoms with Crippen LogP contribution in [0.15, 0.2) is 0 Å². The molecule has 1 unspecified atom stereocenters. The lowest BCUT2D eigenvalue weighted by Gasteiger charge is -2.08. The summed E-state index contributed by atoms with van der Waals surface area (Å²) in [6, 6.07) is 0. The predicted octanol–water partition coefficient (Wildman–Crippen LogP) is 0.615. The van der Waals surface area contributed by atoms with E-state index in [-0.39, 0.29) is 19.6 Å². The van der Waals surface area contributed by atoms with E-state index in [0.717, 1.165) is 0 Å². The van der Waals surface area contributed by atoms with Crippen molar-refractivity contribution in [3.8, 4) is 0 Å². The van der Waals surface area contributed by atoms with E-state index in [2.05, 4.69) is 9.05 Å². The van der Waals surface area contributed by atoms with E-state index in [0.29, 0.717) is 0 Å². The summed E-state index contributed by atoms with van der Waals surface area (Å²) in [5.41, 5.74) is 0. The highest BCUT2D eigenvalue weighted by atomic mass is 31.2. The standard InChI is InChI=1S/C5H11O6P/c1-2-10-12(8,9)11-4-3-5(6)7/h2-4H2,1H3,(H,6,7)(H,8,9). The van der Waals surface area contributed by atoms with Crippen LogP contribution in [0, 0.1) is 0 Å². The van der Waals surface area contributed by atoms with Crippen molar-refractivity contribution in [2.45, 2.75) is 13.3 Å². The minimum absolute atomic E-state index is 0.0425. The normalized spacial score (nSPS) is 15.5. The van der Waals surface area contributed by atoms with E-state index < -0.39 is 13.8 Å². The van der Waals surface area contributed by atoms with Gasteiger partial charge in [0, 0.05) is 0 Å². The molecule has 0 aromatic carbocycles. The molecule has 0 bridgehead atoms. The average molecular weight is 198 g/mol. The van der Waals surface area contributed by atoms with E-state index >= 15 is 0 Å². The Bertz CT molecular complexity index is 190. The second kappa shape index (κ2) is 5.27. The Morgan fingerprint density at radius 2 is 2.08 bits per heavy atom. The van der Waals surface area contributed by atoms with Gasteiger partial charge >= 0.3 is 13.8 Å². The van der Waals surface area contributed by atoms with Crippen LogP contribution in [0.25, 0.3) is 0 Å². The monoisotopic (exact) mass is 198 g/mol. The fraction of sp³-hybridized carbons (Fsp3) is 0.800. The molecule has 0 aliphatic rings. The van der Waals surface area contributed by atoms with Gasteiger partial charge in [0.25, 0.3) is 0 Å². The number of carboxylic acid groups (broad SMARTS) is 1. The molecule has 0 aromatic heterocycles. The van der Waals surface area contributed by atoms with Crippen LogP contribution in [0.4, 0.5) is 0 Å². The first-order chi connectivity index (χ1) is 5.48. The summed E-state index contributed by atoms with van der Waals surface area (Å²) in [4.78, 5) is 18.7. The number of phosphoric ester groups is 1. The third-order valence-corrected chi connectivity index (χ3v) is 1.96. The molecule has 0 saturated carbocycles. The summed E-state index contributed by atoms with van der Waals surface area (Å²) in [5, 5.41) is 8.15. The van der Waals surface area contributed by atoms with Gasteiger partial charge in [0.1, 0.15) is 0 Å². The maximum atomic E-state index is 10.7. The fourth-order valence-corrected chi connectivity index (χ4v) is 1.17. The number of hydrogen-bond acceptors (Lipinski definition) is 4. The first-order valence-corrected chi connectivity index (χ1v) is 4.81. The van der Waals surface area contributed by atoms with Gasteiger partial charge in [-0.25, -0.2) is 4.57 Å². The molecule has 72 valence electrons. The number of aliphatic carboxylic acids is 1. The van der Waals surface area contributed by atoms with Gasteiger partial charge in [-0.3, -0.25) is 13.8 Å². The van der Waals surface area contributed by atoms with Gasteiger partial charge in [-0.2, -0.15) is 0 Å². The first kappa shape index (κ1) is 11.6. The minimum atomic E-state index is -4.01. The second-order valence-electron chi connectivity index (χ2n) is 1.86. The van der Waals surface area contributed by atoms with Crippen LogP contribution in [0.3, 0.4) is 0 Å². The maximum absolute atomic E-state index is 10.7. The number of hydrogen-bond donors (Lipinski definition) is 2. The number of phosphoric acid groups is 1. The SMILES string of the molecule is CCOP(=O)(O)OCCC(=O)O. The number of carboxylic acids is 1. The molecule has 0 spiro atoms. The highest BCUT2D eigenvalue weighted by Crippen LogP contribution is 2.42. The van der Waals surface area contributed by atoms with Crippen molar-refractivity contribution in [2.24, 2.45) is 0 Å². The number of carbonyl (C=O) groups is 1. The van der Waals surface area contributed by atoms with Crippen molar-refractivity contribution in [3.63, 3.8) is 0 Å². The highest BCUT2D eigenvalue weighted by Gasteiger charge is 2.19. The fourth-order valence-electron chi connectivity index (χ4n) is 0.449. The second-order valence-corrected chi connectivity index (χ2v) is 3.32. The zero-order valence-corrected chi connectivity index (χ0v) is 7.49. The minimum Gasteiger partial charge on any atom is -0.481 e.